The van der Waals surface area contributed by atoms with Crippen LogP contribution in [0.3, 0.4) is 0 Å². The quantitative estimate of drug-likeness (QED) is 0.761. The van der Waals surface area contributed by atoms with Crippen LogP contribution in [0, 0.1) is 11.3 Å². The molecule has 1 aromatic heterocycles. The standard InChI is InChI=1S/C16H15BrN2S/c17-13-6-4-12(5-7-13)15-11-20-16(14(15)10-18)19-8-2-1-3-9-19/h4-7,11H,1-3,8-9H2. The largest absolute Gasteiger partial charge is 0.362 e. The van der Waals surface area contributed by atoms with E-state index in [2.05, 4.69) is 44.4 Å². The zero-order valence-electron chi connectivity index (χ0n) is 11.1. The molecule has 102 valence electrons. The van der Waals surface area contributed by atoms with Crippen LogP contribution >= 0.6 is 27.3 Å². The van der Waals surface area contributed by atoms with E-state index in [1.807, 2.05) is 12.1 Å². The molecule has 0 saturated carbocycles. The maximum atomic E-state index is 9.56. The molecule has 0 aliphatic carbocycles. The van der Waals surface area contributed by atoms with E-state index in [0.29, 0.717) is 0 Å². The van der Waals surface area contributed by atoms with Crippen LogP contribution in [0.2, 0.25) is 0 Å². The first-order chi connectivity index (χ1) is 9.79. The van der Waals surface area contributed by atoms with Gasteiger partial charge < -0.3 is 4.90 Å². The summed E-state index contributed by atoms with van der Waals surface area (Å²) in [6, 6.07) is 10.6. The lowest BCUT2D eigenvalue weighted by molar-refractivity contribution is 0.580. The number of piperidine rings is 1. The number of hydrogen-bond acceptors (Lipinski definition) is 3. The number of anilines is 1. The van der Waals surface area contributed by atoms with Crippen molar-refractivity contribution >= 4 is 32.3 Å². The minimum atomic E-state index is 0.833. The zero-order valence-corrected chi connectivity index (χ0v) is 13.5. The Bertz CT molecular complexity index is 633. The summed E-state index contributed by atoms with van der Waals surface area (Å²) in [6.07, 6.45) is 3.77. The minimum Gasteiger partial charge on any atom is -0.362 e. The molecule has 1 aromatic carbocycles. The monoisotopic (exact) mass is 346 g/mol. The van der Waals surface area contributed by atoms with Crippen molar-refractivity contribution in [1.82, 2.24) is 0 Å². The fourth-order valence-corrected chi connectivity index (χ4v) is 3.98. The number of nitriles is 1. The summed E-state index contributed by atoms with van der Waals surface area (Å²) in [5, 5.41) is 12.8. The van der Waals surface area contributed by atoms with Crippen LogP contribution in [0.25, 0.3) is 11.1 Å². The van der Waals surface area contributed by atoms with Crippen molar-refractivity contribution in [2.24, 2.45) is 0 Å². The van der Waals surface area contributed by atoms with Crippen molar-refractivity contribution in [2.45, 2.75) is 19.3 Å². The van der Waals surface area contributed by atoms with Crippen molar-refractivity contribution in [3.8, 4) is 17.2 Å². The van der Waals surface area contributed by atoms with Gasteiger partial charge in [0.25, 0.3) is 0 Å². The van der Waals surface area contributed by atoms with E-state index in [9.17, 15) is 5.26 Å². The summed E-state index contributed by atoms with van der Waals surface area (Å²) in [5.74, 6) is 0. The van der Waals surface area contributed by atoms with Gasteiger partial charge in [-0.25, -0.2) is 0 Å². The molecule has 20 heavy (non-hydrogen) atoms. The average molecular weight is 347 g/mol. The summed E-state index contributed by atoms with van der Waals surface area (Å²) in [7, 11) is 0. The molecule has 0 radical (unpaired) electrons. The van der Waals surface area contributed by atoms with E-state index in [0.717, 1.165) is 39.3 Å². The van der Waals surface area contributed by atoms with E-state index in [1.165, 1.54) is 19.3 Å². The molecule has 4 heteroatoms. The molecule has 0 atom stereocenters. The maximum absolute atomic E-state index is 9.56. The van der Waals surface area contributed by atoms with E-state index in [-0.39, 0.29) is 0 Å². The van der Waals surface area contributed by atoms with Gasteiger partial charge in [-0.1, -0.05) is 28.1 Å². The second-order valence-corrected chi connectivity index (χ2v) is 6.77. The molecule has 0 amide bonds. The summed E-state index contributed by atoms with van der Waals surface area (Å²) in [5.41, 5.74) is 3.01. The smallest absolute Gasteiger partial charge is 0.110 e. The molecule has 2 nitrogen and oxygen atoms in total. The number of nitrogens with zero attached hydrogens (tertiary/aromatic N) is 2. The Morgan fingerprint density at radius 2 is 1.80 bits per heavy atom. The first-order valence-corrected chi connectivity index (χ1v) is 8.49. The normalized spacial score (nSPS) is 15.1. The predicted octanol–water partition coefficient (Wildman–Crippen LogP) is 5.04. The topological polar surface area (TPSA) is 27.0 Å². The third-order valence-electron chi connectivity index (χ3n) is 3.68. The van der Waals surface area contributed by atoms with Gasteiger partial charge in [-0.15, -0.1) is 11.3 Å². The molecule has 3 rings (SSSR count). The molecule has 0 spiro atoms. The lowest BCUT2D eigenvalue weighted by Gasteiger charge is -2.27. The first-order valence-electron chi connectivity index (χ1n) is 6.82. The maximum Gasteiger partial charge on any atom is 0.110 e. The van der Waals surface area contributed by atoms with Crippen molar-refractivity contribution in [3.63, 3.8) is 0 Å². The van der Waals surface area contributed by atoms with Crippen molar-refractivity contribution in [3.05, 3.63) is 39.7 Å². The van der Waals surface area contributed by atoms with Crippen LogP contribution in [0.5, 0.6) is 0 Å². The SMILES string of the molecule is N#Cc1c(-c2ccc(Br)cc2)csc1N1CCCCC1. The lowest BCUT2D eigenvalue weighted by atomic mass is 10.0. The Morgan fingerprint density at radius 3 is 2.45 bits per heavy atom. The Hall–Kier alpha value is -1.31. The van der Waals surface area contributed by atoms with Crippen molar-refractivity contribution in [1.29, 1.82) is 5.26 Å². The molecule has 2 aromatic rings. The van der Waals surface area contributed by atoms with E-state index < -0.39 is 0 Å². The highest BCUT2D eigenvalue weighted by Crippen LogP contribution is 2.38. The van der Waals surface area contributed by atoms with Crippen LogP contribution in [-0.4, -0.2) is 13.1 Å². The van der Waals surface area contributed by atoms with Crippen LogP contribution in [0.1, 0.15) is 24.8 Å². The van der Waals surface area contributed by atoms with Gasteiger partial charge in [-0.2, -0.15) is 5.26 Å². The Kier molecular flexibility index (Phi) is 4.09. The van der Waals surface area contributed by atoms with Gasteiger partial charge in [0.1, 0.15) is 11.1 Å². The van der Waals surface area contributed by atoms with E-state index in [4.69, 9.17) is 0 Å². The van der Waals surface area contributed by atoms with Crippen molar-refractivity contribution in [2.75, 3.05) is 18.0 Å². The summed E-state index contributed by atoms with van der Waals surface area (Å²) in [6.45, 7) is 2.16. The second-order valence-electron chi connectivity index (χ2n) is 5.00. The zero-order chi connectivity index (χ0) is 13.9. The van der Waals surface area contributed by atoms with E-state index in [1.54, 1.807) is 11.3 Å². The molecular formula is C16H15BrN2S. The third-order valence-corrected chi connectivity index (χ3v) is 5.25. The highest BCUT2D eigenvalue weighted by Gasteiger charge is 2.19. The molecule has 0 bridgehead atoms. The molecule has 1 aliphatic rings. The average Bonchev–Trinajstić information content (AvgIpc) is 2.93. The molecular weight excluding hydrogens is 332 g/mol. The van der Waals surface area contributed by atoms with Gasteiger partial charge in [-0.05, 0) is 37.0 Å². The number of benzene rings is 1. The Morgan fingerprint density at radius 1 is 1.10 bits per heavy atom. The highest BCUT2D eigenvalue weighted by molar-refractivity contribution is 9.10. The molecule has 0 N–H and O–H groups in total. The minimum absolute atomic E-state index is 0.833. The number of rotatable bonds is 2. The van der Waals surface area contributed by atoms with Crippen LogP contribution < -0.4 is 4.90 Å². The third kappa shape index (κ3) is 2.61. The fourth-order valence-electron chi connectivity index (χ4n) is 2.63. The predicted molar refractivity (Wildman–Crippen MR) is 88.2 cm³/mol. The van der Waals surface area contributed by atoms with Gasteiger partial charge in [0.2, 0.25) is 0 Å². The number of thiophene rings is 1. The van der Waals surface area contributed by atoms with Crippen LogP contribution in [-0.2, 0) is 0 Å². The summed E-state index contributed by atoms with van der Waals surface area (Å²) in [4.78, 5) is 2.37. The van der Waals surface area contributed by atoms with Gasteiger partial charge >= 0.3 is 0 Å². The first kappa shape index (κ1) is 13.7. The lowest BCUT2D eigenvalue weighted by Crippen LogP contribution is -2.29. The molecule has 1 aliphatic heterocycles. The van der Waals surface area contributed by atoms with Gasteiger partial charge in [0, 0.05) is 28.5 Å². The van der Waals surface area contributed by atoms with E-state index >= 15 is 0 Å². The Labute approximate surface area is 131 Å². The molecule has 1 saturated heterocycles. The van der Waals surface area contributed by atoms with Gasteiger partial charge in [-0.3, -0.25) is 0 Å². The molecule has 1 fully saturated rings. The Balaban J connectivity index is 1.99. The van der Waals surface area contributed by atoms with Gasteiger partial charge in [0.15, 0.2) is 0 Å². The van der Waals surface area contributed by atoms with Crippen LogP contribution in [0.4, 0.5) is 5.00 Å². The molecule has 0 unspecified atom stereocenters. The van der Waals surface area contributed by atoms with Crippen molar-refractivity contribution < 1.29 is 0 Å². The summed E-state index contributed by atoms with van der Waals surface area (Å²) < 4.78 is 1.06. The van der Waals surface area contributed by atoms with Gasteiger partial charge in [0.05, 0.1) is 5.56 Å². The fraction of sp³-hybridized carbons (Fsp3) is 0.312. The summed E-state index contributed by atoms with van der Waals surface area (Å²) >= 11 is 5.15. The second kappa shape index (κ2) is 5.99. The van der Waals surface area contributed by atoms with Crippen LogP contribution in [0.15, 0.2) is 34.1 Å². The number of halogens is 1. The number of hydrogen-bond donors (Lipinski definition) is 0. The molecule has 2 heterocycles. The highest BCUT2D eigenvalue weighted by atomic mass is 79.9.